The van der Waals surface area contributed by atoms with E-state index in [0.717, 1.165) is 15.4 Å². The number of carbonyl (C=O) groups excluding carboxylic acids is 1. The summed E-state index contributed by atoms with van der Waals surface area (Å²) in [5, 5.41) is 2.94. The number of aryl methyl sites for hydroxylation is 2. The number of hydrogen-bond acceptors (Lipinski definition) is 5. The van der Waals surface area contributed by atoms with Crippen LogP contribution in [0.3, 0.4) is 0 Å². The Morgan fingerprint density at radius 3 is 2.18 bits per heavy atom. The second-order valence-corrected chi connectivity index (χ2v) is 9.92. The number of amides is 1. The molecule has 1 N–H and O–H groups in total. The maximum Gasteiger partial charge on any atom is 0.264 e. The number of benzene rings is 3. The first-order valence-electron chi connectivity index (χ1n) is 10.6. The van der Waals surface area contributed by atoms with Crippen LogP contribution in [0.1, 0.15) is 11.1 Å². The minimum Gasteiger partial charge on any atom is -0.495 e. The van der Waals surface area contributed by atoms with E-state index in [1.165, 1.54) is 25.3 Å². The Labute approximate surface area is 205 Å². The lowest BCUT2D eigenvalue weighted by Crippen LogP contribution is -2.42. The van der Waals surface area contributed by atoms with Crippen LogP contribution < -0.4 is 19.1 Å². The van der Waals surface area contributed by atoms with Gasteiger partial charge in [0, 0.05) is 0 Å². The summed E-state index contributed by atoms with van der Waals surface area (Å²) in [6.45, 7) is 3.88. The van der Waals surface area contributed by atoms with Crippen molar-refractivity contribution in [1.82, 2.24) is 5.32 Å². The molecule has 0 bridgehead atoms. The quantitative estimate of drug-likeness (QED) is 0.416. The monoisotopic (exact) mass is 502 g/mol. The largest absolute Gasteiger partial charge is 0.495 e. The lowest BCUT2D eigenvalue weighted by atomic mass is 10.2. The van der Waals surface area contributed by atoms with Crippen molar-refractivity contribution in [2.45, 2.75) is 18.7 Å². The Morgan fingerprint density at radius 2 is 1.59 bits per heavy atom. The molecule has 0 unspecified atom stereocenters. The molecule has 1 amide bonds. The molecule has 0 aromatic heterocycles. The van der Waals surface area contributed by atoms with Gasteiger partial charge in [-0.15, -0.1) is 0 Å². The summed E-state index contributed by atoms with van der Waals surface area (Å²) in [6.07, 6.45) is 0. The fraction of sp³-hybridized carbons (Fsp3) is 0.240. The molecule has 9 heteroatoms. The van der Waals surface area contributed by atoms with Crippen LogP contribution in [0.25, 0.3) is 0 Å². The van der Waals surface area contributed by atoms with E-state index in [2.05, 4.69) is 5.32 Å². The summed E-state index contributed by atoms with van der Waals surface area (Å²) >= 11 is 6.23. The number of nitrogens with zero attached hydrogens (tertiary/aromatic N) is 1. The number of anilines is 1. The van der Waals surface area contributed by atoms with Crippen molar-refractivity contribution in [2.24, 2.45) is 0 Å². The zero-order valence-corrected chi connectivity index (χ0v) is 20.8. The van der Waals surface area contributed by atoms with Crippen molar-refractivity contribution < 1.29 is 22.7 Å². The van der Waals surface area contributed by atoms with E-state index in [-0.39, 0.29) is 28.8 Å². The van der Waals surface area contributed by atoms with Crippen LogP contribution in [0.4, 0.5) is 5.69 Å². The first-order chi connectivity index (χ1) is 16.2. The first kappa shape index (κ1) is 25.4. The van der Waals surface area contributed by atoms with E-state index in [9.17, 15) is 13.2 Å². The van der Waals surface area contributed by atoms with Gasteiger partial charge >= 0.3 is 0 Å². The van der Waals surface area contributed by atoms with Crippen LogP contribution in [-0.4, -0.2) is 41.1 Å². The van der Waals surface area contributed by atoms with Gasteiger partial charge in [-0.25, -0.2) is 8.42 Å². The van der Waals surface area contributed by atoms with Gasteiger partial charge in [0.2, 0.25) is 5.91 Å². The molecule has 3 rings (SSSR count). The van der Waals surface area contributed by atoms with Gasteiger partial charge in [0.1, 0.15) is 24.7 Å². The van der Waals surface area contributed by atoms with Crippen LogP contribution in [-0.2, 0) is 14.8 Å². The lowest BCUT2D eigenvalue weighted by Gasteiger charge is -2.24. The summed E-state index contributed by atoms with van der Waals surface area (Å²) in [5.41, 5.74) is 2.29. The summed E-state index contributed by atoms with van der Waals surface area (Å²) < 4.78 is 38.7. The Morgan fingerprint density at radius 1 is 0.971 bits per heavy atom. The molecule has 34 heavy (non-hydrogen) atoms. The van der Waals surface area contributed by atoms with Crippen molar-refractivity contribution in [3.8, 4) is 11.5 Å². The van der Waals surface area contributed by atoms with Gasteiger partial charge in [-0.1, -0.05) is 47.0 Å². The van der Waals surface area contributed by atoms with Crippen molar-refractivity contribution in [3.63, 3.8) is 0 Å². The highest BCUT2D eigenvalue weighted by Crippen LogP contribution is 2.32. The highest BCUT2D eigenvalue weighted by Gasteiger charge is 2.27. The number of halogens is 1. The predicted molar refractivity (Wildman–Crippen MR) is 133 cm³/mol. The smallest absolute Gasteiger partial charge is 0.264 e. The normalized spacial score (nSPS) is 11.1. The number of ether oxygens (including phenoxy) is 2. The zero-order valence-electron chi connectivity index (χ0n) is 19.2. The third-order valence-electron chi connectivity index (χ3n) is 5.03. The van der Waals surface area contributed by atoms with Gasteiger partial charge in [-0.05, 0) is 56.3 Å². The zero-order chi connectivity index (χ0) is 24.7. The fourth-order valence-corrected chi connectivity index (χ4v) is 4.81. The van der Waals surface area contributed by atoms with Crippen LogP contribution in [0.2, 0.25) is 5.02 Å². The Balaban J connectivity index is 1.75. The topological polar surface area (TPSA) is 84.9 Å². The molecule has 3 aromatic rings. The molecule has 7 nitrogen and oxygen atoms in total. The van der Waals surface area contributed by atoms with E-state index in [1.807, 2.05) is 38.1 Å². The van der Waals surface area contributed by atoms with Crippen LogP contribution in [0.5, 0.6) is 11.5 Å². The summed E-state index contributed by atoms with van der Waals surface area (Å²) in [5.74, 6) is 0.613. The van der Waals surface area contributed by atoms with E-state index in [0.29, 0.717) is 11.5 Å². The van der Waals surface area contributed by atoms with Gasteiger partial charge in [-0.3, -0.25) is 9.10 Å². The maximum absolute atomic E-state index is 13.4. The Hall–Kier alpha value is -3.23. The third-order valence-corrected chi connectivity index (χ3v) is 7.12. The minimum atomic E-state index is -4.04. The second-order valence-electron chi connectivity index (χ2n) is 7.66. The molecule has 180 valence electrons. The molecular formula is C25H27ClN2O5S. The van der Waals surface area contributed by atoms with E-state index < -0.39 is 22.5 Å². The molecule has 0 radical (unpaired) electrons. The van der Waals surface area contributed by atoms with Crippen molar-refractivity contribution in [3.05, 3.63) is 82.9 Å². The number of methoxy groups -OCH3 is 1. The SMILES string of the molecule is COc1ccc(N(CC(=O)NCCOc2ccc(C)cc2)S(=O)(=O)c2ccc(C)cc2)cc1Cl. The van der Waals surface area contributed by atoms with Gasteiger partial charge in [-0.2, -0.15) is 0 Å². The fourth-order valence-electron chi connectivity index (χ4n) is 3.14. The average Bonchev–Trinajstić information content (AvgIpc) is 2.81. The number of rotatable bonds is 10. The molecule has 0 fully saturated rings. The summed E-state index contributed by atoms with van der Waals surface area (Å²) in [6, 6.07) is 18.5. The standard InChI is InChI=1S/C25H27ClN2O5S/c1-18-4-9-21(10-5-18)33-15-14-27-25(29)17-28(20-8-13-24(32-3)23(26)16-20)34(30,31)22-11-6-19(2)7-12-22/h4-13,16H,14-15,17H2,1-3H3,(H,27,29). The van der Waals surface area contributed by atoms with E-state index >= 15 is 0 Å². The van der Waals surface area contributed by atoms with Crippen molar-refractivity contribution >= 4 is 33.2 Å². The second kappa shape index (κ2) is 11.3. The maximum atomic E-state index is 13.4. The van der Waals surface area contributed by atoms with Gasteiger partial charge in [0.15, 0.2) is 0 Å². The minimum absolute atomic E-state index is 0.0699. The van der Waals surface area contributed by atoms with Crippen molar-refractivity contribution in [2.75, 3.05) is 31.1 Å². The van der Waals surface area contributed by atoms with Crippen LogP contribution in [0.15, 0.2) is 71.6 Å². The molecule has 0 heterocycles. The molecule has 0 aliphatic rings. The summed E-state index contributed by atoms with van der Waals surface area (Å²) in [4.78, 5) is 12.8. The van der Waals surface area contributed by atoms with Gasteiger partial charge in [0.25, 0.3) is 10.0 Å². The van der Waals surface area contributed by atoms with Crippen LogP contribution in [0, 0.1) is 13.8 Å². The number of sulfonamides is 1. The highest BCUT2D eigenvalue weighted by atomic mass is 35.5. The molecule has 0 aliphatic heterocycles. The Kier molecular flexibility index (Phi) is 8.41. The molecular weight excluding hydrogens is 476 g/mol. The predicted octanol–water partition coefficient (Wildman–Crippen LogP) is 4.36. The molecule has 3 aromatic carbocycles. The molecule has 0 saturated heterocycles. The van der Waals surface area contributed by atoms with E-state index in [4.69, 9.17) is 21.1 Å². The van der Waals surface area contributed by atoms with Crippen LogP contribution >= 0.6 is 11.6 Å². The van der Waals surface area contributed by atoms with Gasteiger partial charge < -0.3 is 14.8 Å². The number of nitrogens with one attached hydrogen (secondary N) is 1. The molecule has 0 saturated carbocycles. The molecule has 0 spiro atoms. The van der Waals surface area contributed by atoms with E-state index in [1.54, 1.807) is 24.3 Å². The third kappa shape index (κ3) is 6.42. The molecule has 0 atom stereocenters. The lowest BCUT2D eigenvalue weighted by molar-refractivity contribution is -0.119. The molecule has 0 aliphatic carbocycles. The average molecular weight is 503 g/mol. The van der Waals surface area contributed by atoms with Crippen molar-refractivity contribution in [1.29, 1.82) is 0 Å². The Bertz CT molecular complexity index is 1230. The van der Waals surface area contributed by atoms with Gasteiger partial charge in [0.05, 0.1) is 29.3 Å². The summed E-state index contributed by atoms with van der Waals surface area (Å²) in [7, 11) is -2.57. The number of hydrogen-bond donors (Lipinski definition) is 1. The number of carbonyl (C=O) groups is 1. The first-order valence-corrected chi connectivity index (χ1v) is 12.4. The highest BCUT2D eigenvalue weighted by molar-refractivity contribution is 7.92.